The fraction of sp³-hybridized carbons (Fsp3) is 0.0169. The Morgan fingerprint density at radius 1 is 0.377 bits per heavy atom. The summed E-state index contributed by atoms with van der Waals surface area (Å²) in [7, 11) is 0. The van der Waals surface area contributed by atoms with E-state index in [1.807, 2.05) is 42.7 Å². The average Bonchev–Trinajstić information content (AvgIpc) is 4.12. The van der Waals surface area contributed by atoms with Crippen molar-refractivity contribution in [1.29, 1.82) is 0 Å². The lowest BCUT2D eigenvalue weighted by atomic mass is 10.0. The highest BCUT2D eigenvalue weighted by atomic mass is 15.4. The zero-order valence-corrected chi connectivity index (χ0v) is 37.6. The number of nitrogens with zero attached hydrogens (tertiary/aromatic N) is 9. The molecule has 0 radical (unpaired) electrons. The van der Waals surface area contributed by atoms with Crippen LogP contribution in [0.1, 0.15) is 5.56 Å². The van der Waals surface area contributed by atoms with Crippen molar-refractivity contribution in [3.8, 4) is 33.9 Å². The molecule has 12 rings (SSSR count). The summed E-state index contributed by atoms with van der Waals surface area (Å²) < 4.78 is 3.59. The molecule has 10 heteroatoms. The van der Waals surface area contributed by atoms with Crippen LogP contribution >= 0.6 is 0 Å². The molecule has 0 saturated carbocycles. The van der Waals surface area contributed by atoms with Crippen LogP contribution < -0.4 is 20.0 Å². The molecule has 0 aliphatic carbocycles. The Labute approximate surface area is 400 Å². The summed E-state index contributed by atoms with van der Waals surface area (Å²) in [6.45, 7) is 2.15. The van der Waals surface area contributed by atoms with E-state index in [0.29, 0.717) is 0 Å². The van der Waals surface area contributed by atoms with Gasteiger partial charge in [-0.05, 0) is 128 Å². The van der Waals surface area contributed by atoms with E-state index < -0.39 is 0 Å². The van der Waals surface area contributed by atoms with Crippen molar-refractivity contribution in [3.05, 3.63) is 248 Å². The molecule has 1 aliphatic rings. The SMILES string of the molecule is Cc1ccccc1N(c1ccccc1)c1ccccc1Nc1ccc(-c2cn(-c3ccc(-n4cc(-c5ccc(N6c7ccccc7N(c7ccccc7)c7ccccc76)cc5)nn4)cc3)nn2)cc1. The summed E-state index contributed by atoms with van der Waals surface area (Å²) in [5.41, 5.74) is 18.3. The number of benzene rings is 9. The van der Waals surface area contributed by atoms with Crippen LogP contribution in [-0.2, 0) is 0 Å². The first-order chi connectivity index (χ1) is 34.1. The monoisotopic (exact) mass is 892 g/mol. The van der Waals surface area contributed by atoms with Crippen LogP contribution in [-0.4, -0.2) is 30.0 Å². The number of anilines is 11. The van der Waals surface area contributed by atoms with Gasteiger partial charge in [0.25, 0.3) is 0 Å². The summed E-state index contributed by atoms with van der Waals surface area (Å²) in [6.07, 6.45) is 3.91. The van der Waals surface area contributed by atoms with E-state index in [-0.39, 0.29) is 0 Å². The van der Waals surface area contributed by atoms with E-state index >= 15 is 0 Å². The average molecular weight is 893 g/mol. The molecular formula is C59H44N10. The number of rotatable bonds is 11. The van der Waals surface area contributed by atoms with Crippen LogP contribution in [0.5, 0.6) is 0 Å². The van der Waals surface area contributed by atoms with Gasteiger partial charge in [-0.1, -0.05) is 126 Å². The van der Waals surface area contributed by atoms with Crippen LogP contribution in [0.25, 0.3) is 33.9 Å². The predicted molar refractivity (Wildman–Crippen MR) is 279 cm³/mol. The maximum atomic E-state index is 4.57. The fourth-order valence-corrected chi connectivity index (χ4v) is 9.11. The van der Waals surface area contributed by atoms with Crippen molar-refractivity contribution in [3.63, 3.8) is 0 Å². The molecule has 1 N–H and O–H groups in total. The molecule has 9 aromatic carbocycles. The van der Waals surface area contributed by atoms with Gasteiger partial charge in [-0.3, -0.25) is 0 Å². The number of hydrogen-bond acceptors (Lipinski definition) is 8. The van der Waals surface area contributed by atoms with Gasteiger partial charge in [0.1, 0.15) is 11.4 Å². The maximum absolute atomic E-state index is 4.57. The molecule has 0 atom stereocenters. The molecule has 10 nitrogen and oxygen atoms in total. The Kier molecular flexibility index (Phi) is 10.5. The Bertz CT molecular complexity index is 3500. The third-order valence-electron chi connectivity index (χ3n) is 12.5. The van der Waals surface area contributed by atoms with E-state index in [4.69, 9.17) is 0 Å². The number of fused-ring (bicyclic) bond motifs is 2. The highest BCUT2D eigenvalue weighted by Gasteiger charge is 2.30. The van der Waals surface area contributed by atoms with Gasteiger partial charge in [0, 0.05) is 39.6 Å². The topological polar surface area (TPSA) is 83.2 Å². The van der Waals surface area contributed by atoms with E-state index in [0.717, 1.165) is 96.5 Å². The summed E-state index contributed by atoms with van der Waals surface area (Å²) in [5, 5.41) is 21.8. The Morgan fingerprint density at radius 2 is 0.797 bits per heavy atom. The molecule has 69 heavy (non-hydrogen) atoms. The molecule has 2 aromatic heterocycles. The van der Waals surface area contributed by atoms with Crippen molar-refractivity contribution in [2.24, 2.45) is 0 Å². The van der Waals surface area contributed by atoms with Gasteiger partial charge in [-0.15, -0.1) is 10.2 Å². The van der Waals surface area contributed by atoms with Gasteiger partial charge < -0.3 is 20.0 Å². The molecule has 0 unspecified atom stereocenters. The summed E-state index contributed by atoms with van der Waals surface area (Å²) in [5.74, 6) is 0. The molecule has 3 heterocycles. The predicted octanol–water partition coefficient (Wildman–Crippen LogP) is 15.0. The lowest BCUT2D eigenvalue weighted by Gasteiger charge is -2.40. The van der Waals surface area contributed by atoms with Crippen molar-refractivity contribution >= 4 is 62.6 Å². The number of nitrogens with one attached hydrogen (secondary N) is 1. The zero-order valence-electron chi connectivity index (χ0n) is 37.6. The minimum atomic E-state index is 0.774. The van der Waals surface area contributed by atoms with Crippen molar-refractivity contribution in [2.45, 2.75) is 6.92 Å². The number of aryl methyl sites for hydroxylation is 1. The first kappa shape index (κ1) is 40.9. The van der Waals surface area contributed by atoms with Gasteiger partial charge in [-0.2, -0.15) is 0 Å². The standard InChI is InChI=1S/C59H44N10/c1-42-16-8-10-22-54(42)67(48-17-4-2-5-18-48)55-23-11-9-21-51(55)60-45-32-28-43(29-33-45)52-40-65(63-61-52)46-36-38-47(39-37-46)66-41-53(62-64-66)44-30-34-50(35-31-44)69-58-26-14-12-24-56(58)68(49-19-6-3-7-20-49)57-25-13-15-27-59(57)69/h2-41,60H,1H3. The third kappa shape index (κ3) is 7.81. The maximum Gasteiger partial charge on any atom is 0.113 e. The second-order valence-corrected chi connectivity index (χ2v) is 16.8. The van der Waals surface area contributed by atoms with Crippen molar-refractivity contribution in [1.82, 2.24) is 30.0 Å². The normalized spacial score (nSPS) is 11.8. The van der Waals surface area contributed by atoms with Gasteiger partial charge in [0.15, 0.2) is 0 Å². The Morgan fingerprint density at radius 3 is 1.33 bits per heavy atom. The minimum Gasteiger partial charge on any atom is -0.354 e. The highest BCUT2D eigenvalue weighted by molar-refractivity contribution is 6.01. The second-order valence-electron chi connectivity index (χ2n) is 16.8. The van der Waals surface area contributed by atoms with E-state index in [1.54, 1.807) is 9.36 Å². The van der Waals surface area contributed by atoms with Crippen molar-refractivity contribution < 1.29 is 0 Å². The lowest BCUT2D eigenvalue weighted by Crippen LogP contribution is -2.23. The number of aromatic nitrogens is 6. The number of hydrogen-bond donors (Lipinski definition) is 1. The van der Waals surface area contributed by atoms with E-state index in [1.165, 1.54) is 5.56 Å². The summed E-state index contributed by atoms with van der Waals surface area (Å²) in [6, 6.07) is 79.8. The Hall–Kier alpha value is -9.54. The largest absolute Gasteiger partial charge is 0.354 e. The van der Waals surface area contributed by atoms with Crippen LogP contribution in [0.15, 0.2) is 243 Å². The molecule has 330 valence electrons. The molecule has 1 aliphatic heterocycles. The van der Waals surface area contributed by atoms with E-state index in [2.05, 4.69) is 248 Å². The molecule has 11 aromatic rings. The quantitative estimate of drug-likeness (QED) is 0.137. The third-order valence-corrected chi connectivity index (χ3v) is 12.5. The van der Waals surface area contributed by atoms with Gasteiger partial charge in [0.05, 0.1) is 57.9 Å². The Balaban J connectivity index is 0.738. The fourth-order valence-electron chi connectivity index (χ4n) is 9.11. The summed E-state index contributed by atoms with van der Waals surface area (Å²) >= 11 is 0. The first-order valence-corrected chi connectivity index (χ1v) is 22.9. The molecule has 0 amide bonds. The zero-order chi connectivity index (χ0) is 46.1. The number of para-hydroxylation sites is 9. The molecule has 0 spiro atoms. The molecule has 0 saturated heterocycles. The molecule has 0 fully saturated rings. The van der Waals surface area contributed by atoms with Crippen LogP contribution in [0.3, 0.4) is 0 Å². The van der Waals surface area contributed by atoms with Crippen LogP contribution in [0.4, 0.5) is 62.6 Å². The van der Waals surface area contributed by atoms with Crippen LogP contribution in [0, 0.1) is 6.92 Å². The van der Waals surface area contributed by atoms with Crippen molar-refractivity contribution in [2.75, 3.05) is 20.0 Å². The van der Waals surface area contributed by atoms with Crippen LogP contribution in [0.2, 0.25) is 0 Å². The van der Waals surface area contributed by atoms with E-state index in [9.17, 15) is 0 Å². The summed E-state index contributed by atoms with van der Waals surface area (Å²) in [4.78, 5) is 6.96. The minimum absolute atomic E-state index is 0.774. The lowest BCUT2D eigenvalue weighted by molar-refractivity contribution is 0.792. The molecule has 0 bridgehead atoms. The van der Waals surface area contributed by atoms with Gasteiger partial charge in [-0.25, -0.2) is 9.36 Å². The molecular weight excluding hydrogens is 849 g/mol. The highest BCUT2D eigenvalue weighted by Crippen LogP contribution is 2.54. The first-order valence-electron chi connectivity index (χ1n) is 22.9. The second kappa shape index (κ2) is 17.7. The van der Waals surface area contributed by atoms with Gasteiger partial charge in [0.2, 0.25) is 0 Å². The van der Waals surface area contributed by atoms with Gasteiger partial charge >= 0.3 is 0 Å². The smallest absolute Gasteiger partial charge is 0.113 e.